The first-order valence-corrected chi connectivity index (χ1v) is 6.74. The molecule has 0 saturated carbocycles. The number of ether oxygens (including phenoxy) is 2. The first-order valence-electron chi connectivity index (χ1n) is 5.95. The highest BCUT2D eigenvalue weighted by Gasteiger charge is 2.10. The molecule has 0 saturated heterocycles. The highest BCUT2D eigenvalue weighted by atomic mass is 79.9. The third kappa shape index (κ3) is 4.21. The molecule has 1 aromatic rings. The van der Waals surface area contributed by atoms with Gasteiger partial charge in [-0.2, -0.15) is 0 Å². The van der Waals surface area contributed by atoms with Crippen molar-refractivity contribution in [3.05, 3.63) is 22.2 Å². The fraction of sp³-hybridized carbons (Fsp3) is 0.538. The van der Waals surface area contributed by atoms with Gasteiger partial charge in [-0.05, 0) is 38.1 Å². The topological polar surface area (TPSA) is 30.5 Å². The molecule has 0 radical (unpaired) electrons. The monoisotopic (exact) mass is 301 g/mol. The maximum atomic E-state index is 5.68. The Labute approximate surface area is 112 Å². The fourth-order valence-corrected chi connectivity index (χ4v) is 1.96. The Morgan fingerprint density at radius 2 is 1.88 bits per heavy atom. The van der Waals surface area contributed by atoms with E-state index in [1.165, 1.54) is 5.56 Å². The van der Waals surface area contributed by atoms with Gasteiger partial charge in [-0.15, -0.1) is 0 Å². The molecule has 0 aromatic heterocycles. The minimum Gasteiger partial charge on any atom is -0.490 e. The molecule has 0 amide bonds. The summed E-state index contributed by atoms with van der Waals surface area (Å²) in [6, 6.07) is 4.00. The van der Waals surface area contributed by atoms with Crippen molar-refractivity contribution in [3.63, 3.8) is 0 Å². The number of hydrogen-bond donors (Lipinski definition) is 1. The Balaban J connectivity index is 2.97. The van der Waals surface area contributed by atoms with Crippen molar-refractivity contribution in [1.29, 1.82) is 0 Å². The lowest BCUT2D eigenvalue weighted by atomic mass is 10.2. The summed E-state index contributed by atoms with van der Waals surface area (Å²) in [5.74, 6) is 1.62. The number of halogens is 1. The Hall–Kier alpha value is -0.740. The zero-order valence-electron chi connectivity index (χ0n) is 10.7. The molecule has 4 heteroatoms. The van der Waals surface area contributed by atoms with Crippen LogP contribution in [0.5, 0.6) is 11.5 Å². The van der Waals surface area contributed by atoms with E-state index in [4.69, 9.17) is 9.47 Å². The van der Waals surface area contributed by atoms with Gasteiger partial charge >= 0.3 is 0 Å². The first-order chi connectivity index (χ1) is 8.22. The van der Waals surface area contributed by atoms with Crippen molar-refractivity contribution in [2.45, 2.75) is 26.8 Å². The van der Waals surface area contributed by atoms with Crippen LogP contribution in [-0.4, -0.2) is 20.3 Å². The minimum atomic E-state index is 0.642. The van der Waals surface area contributed by atoms with Gasteiger partial charge in [-0.3, -0.25) is 0 Å². The summed E-state index contributed by atoms with van der Waals surface area (Å²) in [5.41, 5.74) is 1.17. The quantitative estimate of drug-likeness (QED) is 0.838. The number of nitrogens with one attached hydrogen (secondary N) is 1. The van der Waals surface area contributed by atoms with Gasteiger partial charge in [-0.25, -0.2) is 0 Å². The Morgan fingerprint density at radius 3 is 2.47 bits per heavy atom. The summed E-state index contributed by atoms with van der Waals surface area (Å²) in [5, 5.41) is 3.13. The summed E-state index contributed by atoms with van der Waals surface area (Å²) in [4.78, 5) is 0. The lowest BCUT2D eigenvalue weighted by Gasteiger charge is -2.14. The Bertz CT molecular complexity index is 356. The average molecular weight is 302 g/mol. The Morgan fingerprint density at radius 1 is 1.18 bits per heavy atom. The SMILES string of the molecule is CCCOc1cc(Br)c(CNC)cc1OCC. The molecule has 0 aliphatic carbocycles. The molecular formula is C13H20BrNO2. The van der Waals surface area contributed by atoms with E-state index in [1.54, 1.807) is 0 Å². The van der Waals surface area contributed by atoms with E-state index in [1.807, 2.05) is 26.1 Å². The summed E-state index contributed by atoms with van der Waals surface area (Å²) in [6.45, 7) is 6.21. The number of hydrogen-bond acceptors (Lipinski definition) is 3. The maximum Gasteiger partial charge on any atom is 0.162 e. The molecule has 1 aromatic carbocycles. The zero-order valence-corrected chi connectivity index (χ0v) is 12.3. The van der Waals surface area contributed by atoms with Crippen LogP contribution in [-0.2, 0) is 6.54 Å². The van der Waals surface area contributed by atoms with Crippen LogP contribution in [0.15, 0.2) is 16.6 Å². The van der Waals surface area contributed by atoms with Crippen LogP contribution < -0.4 is 14.8 Å². The molecule has 3 nitrogen and oxygen atoms in total. The van der Waals surface area contributed by atoms with Gasteiger partial charge in [0.05, 0.1) is 13.2 Å². The van der Waals surface area contributed by atoms with Crippen molar-refractivity contribution in [2.24, 2.45) is 0 Å². The van der Waals surface area contributed by atoms with Gasteiger partial charge in [0.1, 0.15) is 0 Å². The van der Waals surface area contributed by atoms with Gasteiger partial charge < -0.3 is 14.8 Å². The second kappa shape index (κ2) is 7.56. The number of rotatable bonds is 7. The second-order valence-electron chi connectivity index (χ2n) is 3.70. The molecule has 1 rings (SSSR count). The fourth-order valence-electron chi connectivity index (χ4n) is 1.50. The lowest BCUT2D eigenvalue weighted by Crippen LogP contribution is -2.07. The highest BCUT2D eigenvalue weighted by Crippen LogP contribution is 2.33. The van der Waals surface area contributed by atoms with Crippen LogP contribution >= 0.6 is 15.9 Å². The van der Waals surface area contributed by atoms with Crippen LogP contribution in [0, 0.1) is 0 Å². The van der Waals surface area contributed by atoms with Crippen LogP contribution in [0.1, 0.15) is 25.8 Å². The summed E-state index contributed by atoms with van der Waals surface area (Å²) < 4.78 is 12.3. The molecule has 0 atom stereocenters. The normalized spacial score (nSPS) is 10.4. The molecule has 0 unspecified atom stereocenters. The largest absolute Gasteiger partial charge is 0.490 e. The lowest BCUT2D eigenvalue weighted by molar-refractivity contribution is 0.276. The molecule has 0 heterocycles. The molecule has 0 fully saturated rings. The van der Waals surface area contributed by atoms with E-state index in [-0.39, 0.29) is 0 Å². The molecule has 96 valence electrons. The van der Waals surface area contributed by atoms with Crippen LogP contribution in [0.2, 0.25) is 0 Å². The van der Waals surface area contributed by atoms with Crippen LogP contribution in [0.3, 0.4) is 0 Å². The van der Waals surface area contributed by atoms with Crippen molar-refractivity contribution in [2.75, 3.05) is 20.3 Å². The predicted octanol–water partition coefficient (Wildman–Crippen LogP) is 3.36. The van der Waals surface area contributed by atoms with Crippen molar-refractivity contribution < 1.29 is 9.47 Å². The molecule has 0 bridgehead atoms. The summed E-state index contributed by atoms with van der Waals surface area (Å²) in [7, 11) is 1.92. The Kier molecular flexibility index (Phi) is 6.37. The van der Waals surface area contributed by atoms with E-state index in [9.17, 15) is 0 Å². The van der Waals surface area contributed by atoms with Crippen molar-refractivity contribution in [3.8, 4) is 11.5 Å². The molecule has 0 spiro atoms. The van der Waals surface area contributed by atoms with Crippen molar-refractivity contribution >= 4 is 15.9 Å². The third-order valence-corrected chi connectivity index (χ3v) is 2.98. The average Bonchev–Trinajstić information content (AvgIpc) is 2.32. The predicted molar refractivity (Wildman–Crippen MR) is 73.9 cm³/mol. The zero-order chi connectivity index (χ0) is 12.7. The summed E-state index contributed by atoms with van der Waals surface area (Å²) >= 11 is 3.55. The first kappa shape index (κ1) is 14.3. The van der Waals surface area contributed by atoms with E-state index in [2.05, 4.69) is 28.2 Å². The highest BCUT2D eigenvalue weighted by molar-refractivity contribution is 9.10. The van der Waals surface area contributed by atoms with Gasteiger partial charge in [0, 0.05) is 11.0 Å². The van der Waals surface area contributed by atoms with Crippen LogP contribution in [0.4, 0.5) is 0 Å². The molecule has 17 heavy (non-hydrogen) atoms. The third-order valence-electron chi connectivity index (χ3n) is 2.24. The molecule has 0 aliphatic rings. The van der Waals surface area contributed by atoms with Crippen molar-refractivity contribution in [1.82, 2.24) is 5.32 Å². The van der Waals surface area contributed by atoms with Gasteiger partial charge in [-0.1, -0.05) is 22.9 Å². The molecule has 1 N–H and O–H groups in total. The van der Waals surface area contributed by atoms with Gasteiger partial charge in [0.25, 0.3) is 0 Å². The van der Waals surface area contributed by atoms with E-state index < -0.39 is 0 Å². The smallest absolute Gasteiger partial charge is 0.162 e. The van der Waals surface area contributed by atoms with E-state index >= 15 is 0 Å². The second-order valence-corrected chi connectivity index (χ2v) is 4.56. The van der Waals surface area contributed by atoms with E-state index in [0.717, 1.165) is 28.9 Å². The minimum absolute atomic E-state index is 0.642. The molecule has 0 aliphatic heterocycles. The van der Waals surface area contributed by atoms with E-state index in [0.29, 0.717) is 13.2 Å². The van der Waals surface area contributed by atoms with Crippen LogP contribution in [0.25, 0.3) is 0 Å². The van der Waals surface area contributed by atoms with Gasteiger partial charge in [0.15, 0.2) is 11.5 Å². The number of benzene rings is 1. The standard InChI is InChI=1S/C13H20BrNO2/c1-4-6-17-13-8-11(14)10(9-15-3)7-12(13)16-5-2/h7-8,15H,4-6,9H2,1-3H3. The summed E-state index contributed by atoms with van der Waals surface area (Å²) in [6.07, 6.45) is 0.988. The molecular weight excluding hydrogens is 282 g/mol. The maximum absolute atomic E-state index is 5.68. The van der Waals surface area contributed by atoms with Gasteiger partial charge in [0.2, 0.25) is 0 Å².